The van der Waals surface area contributed by atoms with Crippen LogP contribution in [-0.4, -0.2) is 18.4 Å². The van der Waals surface area contributed by atoms with E-state index in [0.717, 1.165) is 27.9 Å². The molecule has 0 spiro atoms. The second-order valence-electron chi connectivity index (χ2n) is 5.98. The molecule has 1 aromatic carbocycles. The van der Waals surface area contributed by atoms with E-state index in [-0.39, 0.29) is 30.1 Å². The molecule has 2 aromatic rings. The van der Waals surface area contributed by atoms with Crippen molar-refractivity contribution in [3.8, 4) is 0 Å². The van der Waals surface area contributed by atoms with E-state index in [1.165, 1.54) is 0 Å². The van der Waals surface area contributed by atoms with Gasteiger partial charge < -0.3 is 17.1 Å². The van der Waals surface area contributed by atoms with Crippen LogP contribution in [0.3, 0.4) is 0 Å². The third-order valence-corrected chi connectivity index (χ3v) is 5.79. The number of Topliss-reactive ketones (excluding diaryl/α,β-unsaturated/α-hetero) is 1. The first-order valence-electron chi connectivity index (χ1n) is 7.96. The Morgan fingerprint density at radius 2 is 1.96 bits per heavy atom. The van der Waals surface area contributed by atoms with Crippen molar-refractivity contribution in [2.75, 3.05) is 6.61 Å². The van der Waals surface area contributed by atoms with Crippen molar-refractivity contribution < 1.29 is 31.3 Å². The highest BCUT2D eigenvalue weighted by atomic mass is 79.9. The van der Waals surface area contributed by atoms with Gasteiger partial charge in [-0.1, -0.05) is 39.4 Å². The number of rotatable bonds is 7. The third kappa shape index (κ3) is 5.36. The molecule has 134 valence electrons. The maximum atomic E-state index is 12.4. The molecule has 0 aliphatic heterocycles. The van der Waals surface area contributed by atoms with Gasteiger partial charge in [-0.3, -0.25) is 9.59 Å². The van der Waals surface area contributed by atoms with Gasteiger partial charge in [0.1, 0.15) is 0 Å². The highest BCUT2D eigenvalue weighted by Crippen LogP contribution is 2.30. The maximum absolute atomic E-state index is 12.4. The van der Waals surface area contributed by atoms with Gasteiger partial charge in [-0.25, -0.2) is 0 Å². The molecule has 0 unspecified atom stereocenters. The molecule has 0 radical (unpaired) electrons. The molecule has 1 fully saturated rings. The lowest BCUT2D eigenvalue weighted by Gasteiger charge is -2.02. The van der Waals surface area contributed by atoms with Gasteiger partial charge in [0.05, 0.1) is 17.4 Å². The number of aromatic nitrogens is 1. The van der Waals surface area contributed by atoms with Crippen molar-refractivity contribution in [1.29, 1.82) is 0 Å². The standard InChI is InChI=1S/C18H19BrNO3S.ClH/c1-12-17(8-9-23-18(22)14-2-3-14)24-11-20(12)10-16(21)13-4-6-15(19)7-5-13;/h4-7,11,14H,2-3,8-10H2,1H3;1H/q+1;/p-1. The summed E-state index contributed by atoms with van der Waals surface area (Å²) in [4.78, 5) is 25.1. The summed E-state index contributed by atoms with van der Waals surface area (Å²) in [6.07, 6.45) is 2.64. The number of thiazole rings is 1. The van der Waals surface area contributed by atoms with E-state index in [1.807, 2.05) is 41.3 Å². The van der Waals surface area contributed by atoms with E-state index >= 15 is 0 Å². The highest BCUT2D eigenvalue weighted by molar-refractivity contribution is 9.10. The second kappa shape index (κ2) is 8.92. The fourth-order valence-electron chi connectivity index (χ4n) is 2.41. The topological polar surface area (TPSA) is 47.2 Å². The molecule has 0 atom stereocenters. The number of ether oxygens (including phenoxy) is 1. The smallest absolute Gasteiger partial charge is 0.308 e. The number of halogens is 2. The van der Waals surface area contributed by atoms with Gasteiger partial charge in [0.2, 0.25) is 17.8 Å². The minimum absolute atomic E-state index is 0. The van der Waals surface area contributed by atoms with Gasteiger partial charge >= 0.3 is 5.97 Å². The first-order valence-corrected chi connectivity index (χ1v) is 9.63. The minimum atomic E-state index is -0.0671. The number of benzene rings is 1. The zero-order chi connectivity index (χ0) is 17.1. The Kier molecular flexibility index (Phi) is 7.16. The predicted octanol–water partition coefficient (Wildman–Crippen LogP) is 0.489. The Morgan fingerprint density at radius 3 is 2.60 bits per heavy atom. The lowest BCUT2D eigenvalue weighted by atomic mass is 10.1. The van der Waals surface area contributed by atoms with Crippen molar-refractivity contribution >= 4 is 39.0 Å². The number of ketones is 1. The number of nitrogens with zero attached hydrogens (tertiary/aromatic N) is 1. The van der Waals surface area contributed by atoms with E-state index < -0.39 is 0 Å². The van der Waals surface area contributed by atoms with Gasteiger partial charge in [0.15, 0.2) is 5.69 Å². The van der Waals surface area contributed by atoms with Crippen molar-refractivity contribution in [3.63, 3.8) is 0 Å². The molecule has 7 heteroatoms. The largest absolute Gasteiger partial charge is 1.00 e. The Hall–Kier alpha value is -1.24. The van der Waals surface area contributed by atoms with Crippen molar-refractivity contribution in [2.45, 2.75) is 32.7 Å². The quantitative estimate of drug-likeness (QED) is 0.355. The van der Waals surface area contributed by atoms with Crippen LogP contribution in [0.2, 0.25) is 0 Å². The first kappa shape index (κ1) is 20.1. The summed E-state index contributed by atoms with van der Waals surface area (Å²) in [7, 11) is 0. The van der Waals surface area contributed by atoms with E-state index in [0.29, 0.717) is 25.1 Å². The third-order valence-electron chi connectivity index (χ3n) is 4.12. The zero-order valence-corrected chi connectivity index (χ0v) is 17.0. The number of hydrogen-bond donors (Lipinski definition) is 0. The lowest BCUT2D eigenvalue weighted by molar-refractivity contribution is -0.684. The monoisotopic (exact) mass is 443 g/mol. The molecule has 1 aliphatic carbocycles. The summed E-state index contributed by atoms with van der Waals surface area (Å²) >= 11 is 4.98. The van der Waals surface area contributed by atoms with Gasteiger partial charge in [-0.05, 0) is 25.0 Å². The minimum Gasteiger partial charge on any atom is -1.00 e. The molecular weight excluding hydrogens is 426 g/mol. The SMILES string of the molecule is Cc1c(CCOC(=O)C2CC2)sc[n+]1CC(=O)c1ccc(Br)cc1.[Cl-]. The summed E-state index contributed by atoms with van der Waals surface area (Å²) in [5.74, 6) is 0.158. The number of carbonyl (C=O) groups excluding carboxylic acids is 2. The molecular formula is C18H19BrClNO3S. The summed E-state index contributed by atoms with van der Waals surface area (Å²) in [6.45, 7) is 2.74. The normalized spacial score (nSPS) is 13.2. The van der Waals surface area contributed by atoms with Crippen molar-refractivity contribution in [3.05, 3.63) is 50.4 Å². The molecule has 0 saturated heterocycles. The molecule has 1 aliphatic rings. The van der Waals surface area contributed by atoms with E-state index in [4.69, 9.17) is 4.74 Å². The van der Waals surface area contributed by atoms with Crippen LogP contribution in [0.4, 0.5) is 0 Å². The van der Waals surface area contributed by atoms with Crippen LogP contribution in [0.25, 0.3) is 0 Å². The second-order valence-corrected chi connectivity index (χ2v) is 7.84. The maximum Gasteiger partial charge on any atom is 0.308 e. The lowest BCUT2D eigenvalue weighted by Crippen LogP contribution is -3.00. The number of hydrogen-bond acceptors (Lipinski definition) is 4. The molecule has 4 nitrogen and oxygen atoms in total. The van der Waals surface area contributed by atoms with Crippen LogP contribution >= 0.6 is 27.3 Å². The molecule has 25 heavy (non-hydrogen) atoms. The van der Waals surface area contributed by atoms with Crippen molar-refractivity contribution in [1.82, 2.24) is 0 Å². The molecule has 1 heterocycles. The van der Waals surface area contributed by atoms with Gasteiger partial charge in [0.25, 0.3) is 0 Å². The Morgan fingerprint density at radius 1 is 1.28 bits per heavy atom. The van der Waals surface area contributed by atoms with Crippen molar-refractivity contribution in [2.24, 2.45) is 5.92 Å². The molecule has 1 saturated carbocycles. The Bertz CT molecular complexity index is 756. The predicted molar refractivity (Wildman–Crippen MR) is 95.1 cm³/mol. The molecule has 0 bridgehead atoms. The summed E-state index contributed by atoms with van der Waals surface area (Å²) in [6, 6.07) is 7.40. The summed E-state index contributed by atoms with van der Waals surface area (Å²) in [5.41, 5.74) is 3.73. The van der Waals surface area contributed by atoms with Crippen LogP contribution in [0.5, 0.6) is 0 Å². The van der Waals surface area contributed by atoms with Gasteiger partial charge in [0, 0.05) is 23.4 Å². The zero-order valence-electron chi connectivity index (χ0n) is 13.8. The van der Waals surface area contributed by atoms with Crippen LogP contribution in [0, 0.1) is 12.8 Å². The van der Waals surface area contributed by atoms with Crippen LogP contribution in [0.15, 0.2) is 34.2 Å². The fourth-order valence-corrected chi connectivity index (χ4v) is 3.65. The van der Waals surface area contributed by atoms with Crippen LogP contribution < -0.4 is 17.0 Å². The summed E-state index contributed by atoms with van der Waals surface area (Å²) < 4.78 is 8.21. The van der Waals surface area contributed by atoms with Crippen LogP contribution in [0.1, 0.15) is 33.8 Å². The average molecular weight is 445 g/mol. The van der Waals surface area contributed by atoms with Crippen LogP contribution in [-0.2, 0) is 22.5 Å². The molecule has 0 amide bonds. The first-order chi connectivity index (χ1) is 11.5. The molecule has 1 aromatic heterocycles. The Balaban J connectivity index is 0.00000225. The van der Waals surface area contributed by atoms with Gasteiger partial charge in [-0.15, -0.1) is 0 Å². The number of esters is 1. The molecule has 3 rings (SSSR count). The Labute approximate surface area is 165 Å². The fraction of sp³-hybridized carbons (Fsp3) is 0.389. The van der Waals surface area contributed by atoms with E-state index in [1.54, 1.807) is 11.3 Å². The molecule has 0 N–H and O–H groups in total. The summed E-state index contributed by atoms with van der Waals surface area (Å²) in [5, 5.41) is 0. The van der Waals surface area contributed by atoms with E-state index in [9.17, 15) is 9.59 Å². The number of carbonyl (C=O) groups is 2. The van der Waals surface area contributed by atoms with E-state index in [2.05, 4.69) is 15.9 Å². The average Bonchev–Trinajstić information content (AvgIpc) is 3.36. The highest BCUT2D eigenvalue weighted by Gasteiger charge is 2.31. The van der Waals surface area contributed by atoms with Gasteiger partial charge in [-0.2, -0.15) is 4.57 Å².